The van der Waals surface area contributed by atoms with Crippen molar-refractivity contribution in [3.63, 3.8) is 0 Å². The first-order valence-corrected chi connectivity index (χ1v) is 8.27. The molecule has 1 fully saturated rings. The first kappa shape index (κ1) is 16.0. The second-order valence-corrected chi connectivity index (χ2v) is 7.36. The lowest BCUT2D eigenvalue weighted by molar-refractivity contribution is -0.0431. The summed E-state index contributed by atoms with van der Waals surface area (Å²) < 4.78 is 5.90. The van der Waals surface area contributed by atoms with E-state index in [1.54, 1.807) is 0 Å². The van der Waals surface area contributed by atoms with E-state index in [0.29, 0.717) is 6.61 Å². The van der Waals surface area contributed by atoms with Gasteiger partial charge in [0.2, 0.25) is 0 Å². The largest absolute Gasteiger partial charge is 0.354 e. The van der Waals surface area contributed by atoms with Gasteiger partial charge in [-0.1, -0.05) is 43.3 Å². The number of carbonyl (C=O) groups excluding carboxylic acids is 1. The van der Waals surface area contributed by atoms with E-state index in [4.69, 9.17) is 4.74 Å². The Morgan fingerprint density at radius 3 is 2.43 bits per heavy atom. The Balaban J connectivity index is 2.21. The lowest BCUT2D eigenvalue weighted by Crippen LogP contribution is -2.52. The number of aryl methyl sites for hydroxylation is 1. The van der Waals surface area contributed by atoms with Gasteiger partial charge in [-0.25, -0.2) is 0 Å². The topological polar surface area (TPSA) is 29.5 Å². The minimum atomic E-state index is -0.595. The summed E-state index contributed by atoms with van der Waals surface area (Å²) in [6.07, 6.45) is 0.835. The average Bonchev–Trinajstić information content (AvgIpc) is 2.73. The van der Waals surface area contributed by atoms with Crippen LogP contribution in [0.3, 0.4) is 0 Å². The highest BCUT2D eigenvalue weighted by molar-refractivity contribution is 6.09. The van der Waals surface area contributed by atoms with E-state index >= 15 is 0 Å². The number of hydrogen-bond donors (Lipinski definition) is 0. The number of ether oxygens (including phenoxy) is 1. The van der Waals surface area contributed by atoms with Gasteiger partial charge in [-0.15, -0.1) is 0 Å². The molecule has 0 aliphatic carbocycles. The molecule has 0 saturated carbocycles. The van der Waals surface area contributed by atoms with E-state index in [1.807, 2.05) is 36.9 Å². The summed E-state index contributed by atoms with van der Waals surface area (Å²) in [6.45, 7) is 10.7. The smallest absolute Gasteiger partial charge is 0.257 e. The highest BCUT2D eigenvalue weighted by Gasteiger charge is 2.49. The maximum Gasteiger partial charge on any atom is 0.257 e. The van der Waals surface area contributed by atoms with E-state index < -0.39 is 5.72 Å². The van der Waals surface area contributed by atoms with Crippen molar-refractivity contribution in [2.24, 2.45) is 0 Å². The fraction of sp³-hybridized carbons (Fsp3) is 0.450. The highest BCUT2D eigenvalue weighted by Crippen LogP contribution is 2.37. The van der Waals surface area contributed by atoms with Crippen LogP contribution in [0, 0.1) is 0 Å². The van der Waals surface area contributed by atoms with Crippen molar-refractivity contribution < 1.29 is 9.53 Å². The van der Waals surface area contributed by atoms with Gasteiger partial charge in [-0.2, -0.15) is 0 Å². The average molecular weight is 311 g/mol. The molecule has 1 aliphatic heterocycles. The van der Waals surface area contributed by atoms with Crippen LogP contribution in [0.1, 0.15) is 50.5 Å². The van der Waals surface area contributed by atoms with Crippen molar-refractivity contribution in [1.82, 2.24) is 4.90 Å². The molecule has 3 nitrogen and oxygen atoms in total. The summed E-state index contributed by atoms with van der Waals surface area (Å²) in [5.41, 5.74) is 0.995. The number of carbonyl (C=O) groups is 1. The van der Waals surface area contributed by atoms with Crippen LogP contribution >= 0.6 is 0 Å². The van der Waals surface area contributed by atoms with Crippen LogP contribution in [0.15, 0.2) is 36.4 Å². The molecule has 0 atom stereocenters. The molecule has 23 heavy (non-hydrogen) atoms. The number of rotatable bonds is 2. The second kappa shape index (κ2) is 5.34. The molecule has 3 heteroatoms. The van der Waals surface area contributed by atoms with Gasteiger partial charge in [-0.3, -0.25) is 4.79 Å². The minimum absolute atomic E-state index is 0.0613. The Hall–Kier alpha value is -1.87. The summed E-state index contributed by atoms with van der Waals surface area (Å²) in [5, 5.41) is 2.12. The molecule has 1 amide bonds. The number of amides is 1. The summed E-state index contributed by atoms with van der Waals surface area (Å²) in [4.78, 5) is 15.4. The Morgan fingerprint density at radius 1 is 1.13 bits per heavy atom. The van der Waals surface area contributed by atoms with E-state index in [0.717, 1.165) is 28.3 Å². The van der Waals surface area contributed by atoms with E-state index in [-0.39, 0.29) is 11.4 Å². The van der Waals surface area contributed by atoms with Gasteiger partial charge in [0.15, 0.2) is 0 Å². The first-order chi connectivity index (χ1) is 10.8. The zero-order valence-electron chi connectivity index (χ0n) is 14.6. The van der Waals surface area contributed by atoms with Crippen LogP contribution in [0.5, 0.6) is 0 Å². The van der Waals surface area contributed by atoms with Gasteiger partial charge in [0.1, 0.15) is 5.72 Å². The van der Waals surface area contributed by atoms with Gasteiger partial charge < -0.3 is 9.64 Å². The molecule has 0 aromatic heterocycles. The Labute approximate surface area is 138 Å². The van der Waals surface area contributed by atoms with Crippen molar-refractivity contribution in [2.45, 2.75) is 52.3 Å². The monoisotopic (exact) mass is 311 g/mol. The zero-order valence-corrected chi connectivity index (χ0v) is 14.6. The van der Waals surface area contributed by atoms with Crippen LogP contribution < -0.4 is 0 Å². The lowest BCUT2D eigenvalue weighted by atomic mass is 9.94. The van der Waals surface area contributed by atoms with Crippen molar-refractivity contribution >= 4 is 16.7 Å². The predicted molar refractivity (Wildman–Crippen MR) is 93.6 cm³/mol. The molecule has 2 aromatic carbocycles. The fourth-order valence-corrected chi connectivity index (χ4v) is 3.71. The number of benzene rings is 2. The predicted octanol–water partition coefficient (Wildman–Crippen LogP) is 4.39. The molecule has 0 unspecified atom stereocenters. The highest BCUT2D eigenvalue weighted by atomic mass is 16.5. The zero-order chi connectivity index (χ0) is 16.8. The van der Waals surface area contributed by atoms with Gasteiger partial charge in [0.05, 0.1) is 17.7 Å². The summed E-state index contributed by atoms with van der Waals surface area (Å²) in [5.74, 6) is 0.0613. The van der Waals surface area contributed by atoms with Crippen molar-refractivity contribution in [1.29, 1.82) is 0 Å². The van der Waals surface area contributed by atoms with Gasteiger partial charge in [0.25, 0.3) is 5.91 Å². The molecule has 0 spiro atoms. The maximum absolute atomic E-state index is 13.5. The van der Waals surface area contributed by atoms with Gasteiger partial charge in [-0.05, 0) is 50.5 Å². The number of nitrogens with zero attached hydrogens (tertiary/aromatic N) is 1. The number of fused-ring (bicyclic) bond motifs is 1. The Morgan fingerprint density at radius 2 is 1.83 bits per heavy atom. The standard InChI is InChI=1S/C20H25NO2/c1-6-14-11-12-15-9-7-8-10-16(15)17(14)18(22)21-19(2,3)13-23-20(21,4)5/h7-12H,6,13H2,1-5H3. The van der Waals surface area contributed by atoms with Crippen LogP contribution in [0.25, 0.3) is 10.8 Å². The third kappa shape index (κ3) is 2.53. The molecular formula is C20H25NO2. The second-order valence-electron chi connectivity index (χ2n) is 7.36. The van der Waals surface area contributed by atoms with Crippen molar-refractivity contribution in [2.75, 3.05) is 6.61 Å². The van der Waals surface area contributed by atoms with Crippen molar-refractivity contribution in [3.05, 3.63) is 47.5 Å². The van der Waals surface area contributed by atoms with E-state index in [2.05, 4.69) is 39.0 Å². The van der Waals surface area contributed by atoms with Crippen LogP contribution in [0.4, 0.5) is 0 Å². The normalized spacial score (nSPS) is 19.3. The van der Waals surface area contributed by atoms with Gasteiger partial charge in [0, 0.05) is 0 Å². The molecule has 0 bridgehead atoms. The molecule has 0 radical (unpaired) electrons. The molecule has 122 valence electrons. The lowest BCUT2D eigenvalue weighted by Gasteiger charge is -2.38. The number of hydrogen-bond acceptors (Lipinski definition) is 2. The molecule has 1 aliphatic rings. The van der Waals surface area contributed by atoms with Crippen LogP contribution in [-0.2, 0) is 11.2 Å². The summed E-state index contributed by atoms with van der Waals surface area (Å²) >= 11 is 0. The Kier molecular flexibility index (Phi) is 3.72. The molecular weight excluding hydrogens is 286 g/mol. The van der Waals surface area contributed by atoms with E-state index in [1.165, 1.54) is 0 Å². The SMILES string of the molecule is CCc1ccc2ccccc2c1C(=O)N1C(C)(C)COC1(C)C. The summed E-state index contributed by atoms with van der Waals surface area (Å²) in [7, 11) is 0. The van der Waals surface area contributed by atoms with Gasteiger partial charge >= 0.3 is 0 Å². The quantitative estimate of drug-likeness (QED) is 0.823. The Bertz CT molecular complexity index is 745. The molecule has 1 saturated heterocycles. The van der Waals surface area contributed by atoms with Crippen LogP contribution in [0.2, 0.25) is 0 Å². The minimum Gasteiger partial charge on any atom is -0.354 e. The third-order valence-corrected chi connectivity index (χ3v) is 4.74. The first-order valence-electron chi connectivity index (χ1n) is 8.27. The molecule has 3 rings (SSSR count). The third-order valence-electron chi connectivity index (χ3n) is 4.74. The molecule has 0 N–H and O–H groups in total. The maximum atomic E-state index is 13.5. The van der Waals surface area contributed by atoms with Crippen LogP contribution in [-0.4, -0.2) is 28.7 Å². The molecule has 1 heterocycles. The summed E-state index contributed by atoms with van der Waals surface area (Å²) in [6, 6.07) is 12.3. The molecule has 2 aromatic rings. The van der Waals surface area contributed by atoms with Crippen molar-refractivity contribution in [3.8, 4) is 0 Å². The fourth-order valence-electron chi connectivity index (χ4n) is 3.71. The van der Waals surface area contributed by atoms with E-state index in [9.17, 15) is 4.79 Å².